The van der Waals surface area contributed by atoms with E-state index in [0.717, 1.165) is 22.7 Å². The van der Waals surface area contributed by atoms with Gasteiger partial charge in [0.05, 0.1) is 11.0 Å². The molecule has 1 heterocycles. The van der Waals surface area contributed by atoms with E-state index < -0.39 is 0 Å². The molecule has 2 nitrogen and oxygen atoms in total. The molecule has 0 unspecified atom stereocenters. The second-order valence-electron chi connectivity index (χ2n) is 14.2. The van der Waals surface area contributed by atoms with Crippen LogP contribution in [0.3, 0.4) is 0 Å². The van der Waals surface area contributed by atoms with Crippen molar-refractivity contribution in [2.24, 2.45) is 0 Å². The van der Waals surface area contributed by atoms with Crippen LogP contribution in [-0.4, -0.2) is 4.57 Å². The summed E-state index contributed by atoms with van der Waals surface area (Å²) >= 11 is 0. The Morgan fingerprint density at radius 1 is 0.286 bits per heavy atom. The Kier molecular flexibility index (Phi) is 8.55. The van der Waals surface area contributed by atoms with Gasteiger partial charge in [0.15, 0.2) is 0 Å². The quantitative estimate of drug-likeness (QED) is 0.152. The highest BCUT2D eigenvalue weighted by molar-refractivity contribution is 6.16. The van der Waals surface area contributed by atoms with Crippen LogP contribution in [0.2, 0.25) is 0 Å². The SMILES string of the molecule is c1ccc(-c2ccc(-c3ccc(N(c4ccc(-c5ccccc5)cc4)c4ccc5c(c4)c4c(-c6ccccc6)cccc4n5-c4ccccc4)cc3)cc2)cc1. The van der Waals surface area contributed by atoms with Gasteiger partial charge in [0.2, 0.25) is 0 Å². The highest BCUT2D eigenvalue weighted by atomic mass is 15.1. The third kappa shape index (κ3) is 6.14. The molecule has 0 fully saturated rings. The molecule has 0 aliphatic carbocycles. The number of nitrogens with zero attached hydrogens (tertiary/aromatic N) is 2. The summed E-state index contributed by atoms with van der Waals surface area (Å²) < 4.78 is 2.40. The lowest BCUT2D eigenvalue weighted by molar-refractivity contribution is 1.18. The Bertz CT molecular complexity index is 2900. The molecule has 0 saturated carbocycles. The number of fused-ring (bicyclic) bond motifs is 3. The van der Waals surface area contributed by atoms with Crippen molar-refractivity contribution >= 4 is 38.9 Å². The zero-order valence-corrected chi connectivity index (χ0v) is 30.8. The van der Waals surface area contributed by atoms with Gasteiger partial charge < -0.3 is 9.47 Å². The average Bonchev–Trinajstić information content (AvgIpc) is 3.62. The molecule has 264 valence electrons. The van der Waals surface area contributed by atoms with Crippen molar-refractivity contribution in [2.75, 3.05) is 4.90 Å². The molecule has 0 saturated heterocycles. The third-order valence-electron chi connectivity index (χ3n) is 10.8. The molecule has 0 amide bonds. The Morgan fingerprint density at radius 3 is 1.20 bits per heavy atom. The maximum atomic E-state index is 2.40. The van der Waals surface area contributed by atoms with E-state index in [1.54, 1.807) is 0 Å². The number of hydrogen-bond donors (Lipinski definition) is 0. The van der Waals surface area contributed by atoms with E-state index >= 15 is 0 Å². The van der Waals surface area contributed by atoms with Crippen molar-refractivity contribution in [2.45, 2.75) is 0 Å². The fourth-order valence-corrected chi connectivity index (χ4v) is 8.08. The first-order valence-corrected chi connectivity index (χ1v) is 19.2. The van der Waals surface area contributed by atoms with Crippen LogP contribution < -0.4 is 4.90 Å². The highest BCUT2D eigenvalue weighted by Crippen LogP contribution is 2.43. The van der Waals surface area contributed by atoms with Crippen molar-refractivity contribution in [1.29, 1.82) is 0 Å². The smallest absolute Gasteiger partial charge is 0.0547 e. The molecular formula is C54H38N2. The predicted molar refractivity (Wildman–Crippen MR) is 237 cm³/mol. The minimum atomic E-state index is 1.09. The molecule has 0 spiro atoms. The summed E-state index contributed by atoms with van der Waals surface area (Å²) in [5, 5.41) is 2.45. The van der Waals surface area contributed by atoms with Crippen LogP contribution in [0.1, 0.15) is 0 Å². The van der Waals surface area contributed by atoms with Crippen molar-refractivity contribution in [3.05, 3.63) is 231 Å². The third-order valence-corrected chi connectivity index (χ3v) is 10.8. The fourth-order valence-electron chi connectivity index (χ4n) is 8.08. The van der Waals surface area contributed by atoms with Crippen LogP contribution in [0.4, 0.5) is 17.1 Å². The van der Waals surface area contributed by atoms with Gasteiger partial charge in [-0.25, -0.2) is 0 Å². The second kappa shape index (κ2) is 14.4. The van der Waals surface area contributed by atoms with E-state index in [9.17, 15) is 0 Å². The van der Waals surface area contributed by atoms with E-state index in [4.69, 9.17) is 0 Å². The zero-order chi connectivity index (χ0) is 37.3. The molecule has 1 aromatic heterocycles. The molecule has 0 radical (unpaired) electrons. The van der Waals surface area contributed by atoms with Crippen LogP contribution >= 0.6 is 0 Å². The molecule has 0 aliphatic heterocycles. The lowest BCUT2D eigenvalue weighted by Crippen LogP contribution is -2.10. The van der Waals surface area contributed by atoms with Crippen molar-refractivity contribution in [3.8, 4) is 50.2 Å². The minimum absolute atomic E-state index is 1.09. The first-order valence-electron chi connectivity index (χ1n) is 19.2. The van der Waals surface area contributed by atoms with Gasteiger partial charge in [-0.2, -0.15) is 0 Å². The molecule has 2 heteroatoms. The van der Waals surface area contributed by atoms with Crippen LogP contribution in [0, 0.1) is 0 Å². The maximum absolute atomic E-state index is 2.40. The van der Waals surface area contributed by atoms with E-state index in [1.807, 2.05) is 0 Å². The Hall–Kier alpha value is -7.42. The summed E-state index contributed by atoms with van der Waals surface area (Å²) in [5.74, 6) is 0. The van der Waals surface area contributed by atoms with Crippen molar-refractivity contribution < 1.29 is 0 Å². The van der Waals surface area contributed by atoms with Gasteiger partial charge in [-0.05, 0) is 105 Å². The van der Waals surface area contributed by atoms with E-state index in [0.29, 0.717) is 0 Å². The summed E-state index contributed by atoms with van der Waals surface area (Å²) in [7, 11) is 0. The number of hydrogen-bond acceptors (Lipinski definition) is 1. The number of aromatic nitrogens is 1. The molecule has 0 bridgehead atoms. The summed E-state index contributed by atoms with van der Waals surface area (Å²) in [6.07, 6.45) is 0. The van der Waals surface area contributed by atoms with Gasteiger partial charge in [0.25, 0.3) is 0 Å². The Labute approximate surface area is 327 Å². The molecular weight excluding hydrogens is 677 g/mol. The van der Waals surface area contributed by atoms with Crippen LogP contribution in [-0.2, 0) is 0 Å². The number of anilines is 3. The zero-order valence-electron chi connectivity index (χ0n) is 30.8. The van der Waals surface area contributed by atoms with Crippen LogP contribution in [0.5, 0.6) is 0 Å². The fraction of sp³-hybridized carbons (Fsp3) is 0. The average molecular weight is 715 g/mol. The summed E-state index contributed by atoms with van der Waals surface area (Å²) in [5.41, 5.74) is 16.4. The van der Waals surface area contributed by atoms with Crippen molar-refractivity contribution in [3.63, 3.8) is 0 Å². The summed E-state index contributed by atoms with van der Waals surface area (Å²) in [4.78, 5) is 2.38. The topological polar surface area (TPSA) is 8.17 Å². The van der Waals surface area contributed by atoms with Gasteiger partial charge in [0, 0.05) is 33.5 Å². The summed E-state index contributed by atoms with van der Waals surface area (Å²) in [6, 6.07) is 83.0. The van der Waals surface area contributed by atoms with Gasteiger partial charge in [-0.3, -0.25) is 0 Å². The number of para-hydroxylation sites is 1. The number of benzene rings is 9. The molecule has 10 rings (SSSR count). The van der Waals surface area contributed by atoms with Gasteiger partial charge in [-0.15, -0.1) is 0 Å². The molecule has 0 atom stereocenters. The number of rotatable bonds is 8. The van der Waals surface area contributed by atoms with E-state index in [1.165, 1.54) is 66.3 Å². The molecule has 0 N–H and O–H groups in total. The van der Waals surface area contributed by atoms with Gasteiger partial charge in [-0.1, -0.05) is 170 Å². The van der Waals surface area contributed by atoms with Gasteiger partial charge in [0.1, 0.15) is 0 Å². The molecule has 56 heavy (non-hydrogen) atoms. The largest absolute Gasteiger partial charge is 0.310 e. The Morgan fingerprint density at radius 2 is 0.696 bits per heavy atom. The van der Waals surface area contributed by atoms with Crippen LogP contribution in [0.15, 0.2) is 231 Å². The normalized spacial score (nSPS) is 11.2. The predicted octanol–water partition coefficient (Wildman–Crippen LogP) is 14.9. The first kappa shape index (κ1) is 33.2. The molecule has 10 aromatic rings. The molecule has 9 aromatic carbocycles. The highest BCUT2D eigenvalue weighted by Gasteiger charge is 2.20. The first-order chi connectivity index (χ1) is 27.8. The maximum Gasteiger partial charge on any atom is 0.0547 e. The lowest BCUT2D eigenvalue weighted by Gasteiger charge is -2.26. The van der Waals surface area contributed by atoms with E-state index in [-0.39, 0.29) is 0 Å². The molecule has 0 aliphatic rings. The summed E-state index contributed by atoms with van der Waals surface area (Å²) in [6.45, 7) is 0. The van der Waals surface area contributed by atoms with Crippen LogP contribution in [0.25, 0.3) is 72.0 Å². The monoisotopic (exact) mass is 714 g/mol. The minimum Gasteiger partial charge on any atom is -0.310 e. The van der Waals surface area contributed by atoms with Gasteiger partial charge >= 0.3 is 0 Å². The standard InChI is InChI=1S/C54H38N2/c1-5-14-39(15-6-1)41-24-26-42(27-25-41)44-30-34-48(35-31-44)55(47-32-28-43(29-33-47)40-16-7-2-8-17-40)49-36-37-52-51(38-49)54-50(45-18-9-3-10-19-45)22-13-23-53(54)56(52)46-20-11-4-12-21-46/h1-38H. The lowest BCUT2D eigenvalue weighted by atomic mass is 9.99. The second-order valence-corrected chi connectivity index (χ2v) is 14.2. The van der Waals surface area contributed by atoms with Crippen molar-refractivity contribution in [1.82, 2.24) is 4.57 Å². The van der Waals surface area contributed by atoms with E-state index in [2.05, 4.69) is 240 Å². The Balaban J connectivity index is 1.13.